The van der Waals surface area contributed by atoms with E-state index < -0.39 is 0 Å². The summed E-state index contributed by atoms with van der Waals surface area (Å²) in [6.07, 6.45) is 4.80. The van der Waals surface area contributed by atoms with Gasteiger partial charge in [-0.1, -0.05) is 12.7 Å². The Morgan fingerprint density at radius 3 is 2.77 bits per heavy atom. The number of rotatable bonds is 4. The Labute approximate surface area is 79.1 Å². The lowest BCUT2D eigenvalue weighted by molar-refractivity contribution is -0.110. The highest BCUT2D eigenvalue weighted by Crippen LogP contribution is 1.92. The molecule has 13 heavy (non-hydrogen) atoms. The van der Waals surface area contributed by atoms with Crippen LogP contribution in [0.2, 0.25) is 0 Å². The normalized spacial score (nSPS) is 19.1. The Kier molecular flexibility index (Phi) is 4.43. The zero-order valence-electron chi connectivity index (χ0n) is 7.83. The number of ketones is 1. The first kappa shape index (κ1) is 10.2. The third-order valence-electron chi connectivity index (χ3n) is 2.06. The van der Waals surface area contributed by atoms with E-state index >= 15 is 0 Å². The third-order valence-corrected chi connectivity index (χ3v) is 2.06. The number of nitrogens with zero attached hydrogens (tertiary/aromatic N) is 1. The van der Waals surface area contributed by atoms with Crippen molar-refractivity contribution < 1.29 is 4.79 Å². The van der Waals surface area contributed by atoms with Gasteiger partial charge in [-0.05, 0) is 12.2 Å². The van der Waals surface area contributed by atoms with Gasteiger partial charge in [0, 0.05) is 32.7 Å². The van der Waals surface area contributed by atoms with Gasteiger partial charge in [-0.3, -0.25) is 9.69 Å². The van der Waals surface area contributed by atoms with Crippen molar-refractivity contribution in [3.63, 3.8) is 0 Å². The second-order valence-corrected chi connectivity index (χ2v) is 3.06. The molecule has 1 aliphatic rings. The summed E-state index contributed by atoms with van der Waals surface area (Å²) in [6, 6.07) is 0. The van der Waals surface area contributed by atoms with Crippen LogP contribution in [-0.4, -0.2) is 43.4 Å². The first-order chi connectivity index (χ1) is 6.33. The fraction of sp³-hybridized carbons (Fsp3) is 0.500. The van der Waals surface area contributed by atoms with Crippen LogP contribution in [0.15, 0.2) is 24.8 Å². The van der Waals surface area contributed by atoms with Crippen molar-refractivity contribution in [1.29, 1.82) is 0 Å². The second kappa shape index (κ2) is 5.67. The lowest BCUT2D eigenvalue weighted by atomic mass is 10.3. The number of carbonyl (C=O) groups excluding carboxylic acids is 1. The van der Waals surface area contributed by atoms with Gasteiger partial charge >= 0.3 is 0 Å². The van der Waals surface area contributed by atoms with E-state index in [1.807, 2.05) is 6.08 Å². The largest absolute Gasteiger partial charge is 0.314 e. The molecule has 1 aliphatic heterocycles. The molecule has 0 radical (unpaired) electrons. The lowest BCUT2D eigenvalue weighted by Crippen LogP contribution is -2.43. The predicted molar refractivity (Wildman–Crippen MR) is 53.7 cm³/mol. The van der Waals surface area contributed by atoms with E-state index in [4.69, 9.17) is 0 Å². The van der Waals surface area contributed by atoms with E-state index in [0.717, 1.165) is 32.7 Å². The molecule has 1 heterocycles. The van der Waals surface area contributed by atoms with Gasteiger partial charge in [-0.25, -0.2) is 0 Å². The first-order valence-corrected chi connectivity index (χ1v) is 4.59. The third kappa shape index (κ3) is 4.01. The molecule has 1 saturated heterocycles. The van der Waals surface area contributed by atoms with E-state index in [2.05, 4.69) is 16.8 Å². The van der Waals surface area contributed by atoms with E-state index in [-0.39, 0.29) is 5.78 Å². The molecule has 1 N–H and O–H groups in total. The molecule has 1 fully saturated rings. The fourth-order valence-corrected chi connectivity index (χ4v) is 1.28. The lowest BCUT2D eigenvalue weighted by Gasteiger charge is -2.25. The van der Waals surface area contributed by atoms with Gasteiger partial charge in [0.1, 0.15) is 0 Å². The number of allylic oxidation sites excluding steroid dienone is 2. The fourth-order valence-electron chi connectivity index (χ4n) is 1.28. The van der Waals surface area contributed by atoms with Gasteiger partial charge in [-0.15, -0.1) is 0 Å². The van der Waals surface area contributed by atoms with E-state index in [1.54, 1.807) is 6.08 Å². The van der Waals surface area contributed by atoms with Crippen molar-refractivity contribution in [3.8, 4) is 0 Å². The molecule has 0 bridgehead atoms. The molecular formula is C10H16N2O. The van der Waals surface area contributed by atoms with Crippen molar-refractivity contribution >= 4 is 5.78 Å². The second-order valence-electron chi connectivity index (χ2n) is 3.06. The maximum Gasteiger partial charge on any atom is 0.177 e. The Bertz CT molecular complexity index is 205. The Balaban J connectivity index is 2.20. The molecule has 72 valence electrons. The standard InChI is InChI=1S/C10H16N2O/c1-2-10(13)4-3-7-12-8-5-11-6-9-12/h2-4,11H,1,5-9H2. The van der Waals surface area contributed by atoms with Crippen LogP contribution >= 0.6 is 0 Å². The maximum absolute atomic E-state index is 10.8. The Morgan fingerprint density at radius 2 is 2.15 bits per heavy atom. The van der Waals surface area contributed by atoms with Crippen LogP contribution in [0.3, 0.4) is 0 Å². The summed E-state index contributed by atoms with van der Waals surface area (Å²) in [6.45, 7) is 8.48. The minimum Gasteiger partial charge on any atom is -0.314 e. The zero-order valence-corrected chi connectivity index (χ0v) is 7.83. The number of hydrogen-bond acceptors (Lipinski definition) is 3. The van der Waals surface area contributed by atoms with Gasteiger partial charge in [-0.2, -0.15) is 0 Å². The Hall–Kier alpha value is -0.930. The SMILES string of the molecule is C=CC(=O)C=CCN1CCNCC1. The molecular weight excluding hydrogens is 164 g/mol. The quantitative estimate of drug-likeness (QED) is 0.627. The van der Waals surface area contributed by atoms with E-state index in [1.165, 1.54) is 6.08 Å². The van der Waals surface area contributed by atoms with Crippen LogP contribution in [0, 0.1) is 0 Å². The molecule has 0 aliphatic carbocycles. The molecule has 3 nitrogen and oxygen atoms in total. The summed E-state index contributed by atoms with van der Waals surface area (Å²) in [4.78, 5) is 13.1. The highest BCUT2D eigenvalue weighted by molar-refractivity contribution is 5.98. The van der Waals surface area contributed by atoms with Crippen LogP contribution in [0.25, 0.3) is 0 Å². The van der Waals surface area contributed by atoms with Crippen LogP contribution in [0.4, 0.5) is 0 Å². The smallest absolute Gasteiger partial charge is 0.177 e. The Morgan fingerprint density at radius 1 is 1.46 bits per heavy atom. The molecule has 3 heteroatoms. The monoisotopic (exact) mass is 180 g/mol. The number of hydrogen-bond donors (Lipinski definition) is 1. The summed E-state index contributed by atoms with van der Waals surface area (Å²) in [7, 11) is 0. The zero-order chi connectivity index (χ0) is 9.52. The highest BCUT2D eigenvalue weighted by Gasteiger charge is 2.06. The molecule has 0 unspecified atom stereocenters. The predicted octanol–water partition coefficient (Wildman–Crippen LogP) is 0.203. The molecule has 0 saturated carbocycles. The molecule has 0 atom stereocenters. The summed E-state index contributed by atoms with van der Waals surface area (Å²) in [5.41, 5.74) is 0. The average molecular weight is 180 g/mol. The topological polar surface area (TPSA) is 32.3 Å². The van der Waals surface area contributed by atoms with Gasteiger partial charge < -0.3 is 5.32 Å². The molecule has 0 aromatic rings. The van der Waals surface area contributed by atoms with Crippen molar-refractivity contribution in [2.45, 2.75) is 0 Å². The highest BCUT2D eigenvalue weighted by atomic mass is 16.1. The van der Waals surface area contributed by atoms with Crippen molar-refractivity contribution in [3.05, 3.63) is 24.8 Å². The van der Waals surface area contributed by atoms with Gasteiger partial charge in [0.2, 0.25) is 0 Å². The average Bonchev–Trinajstić information content (AvgIpc) is 2.19. The van der Waals surface area contributed by atoms with E-state index in [9.17, 15) is 4.79 Å². The van der Waals surface area contributed by atoms with Crippen molar-refractivity contribution in [2.75, 3.05) is 32.7 Å². The van der Waals surface area contributed by atoms with Gasteiger partial charge in [0.25, 0.3) is 0 Å². The van der Waals surface area contributed by atoms with E-state index in [0.29, 0.717) is 0 Å². The summed E-state index contributed by atoms with van der Waals surface area (Å²) in [5, 5.41) is 3.28. The van der Waals surface area contributed by atoms with Gasteiger partial charge in [0.05, 0.1) is 0 Å². The maximum atomic E-state index is 10.8. The molecule has 0 spiro atoms. The minimum atomic E-state index is -0.0184. The van der Waals surface area contributed by atoms with Gasteiger partial charge in [0.15, 0.2) is 5.78 Å². The molecule has 0 aromatic carbocycles. The number of carbonyl (C=O) groups is 1. The molecule has 0 aromatic heterocycles. The van der Waals surface area contributed by atoms with Crippen LogP contribution in [0.1, 0.15) is 0 Å². The number of piperazine rings is 1. The van der Waals surface area contributed by atoms with Crippen molar-refractivity contribution in [1.82, 2.24) is 10.2 Å². The summed E-state index contributed by atoms with van der Waals surface area (Å²) < 4.78 is 0. The van der Waals surface area contributed by atoms with Crippen LogP contribution < -0.4 is 5.32 Å². The number of nitrogens with one attached hydrogen (secondary N) is 1. The molecule has 1 rings (SSSR count). The minimum absolute atomic E-state index is 0.0184. The van der Waals surface area contributed by atoms with Crippen LogP contribution in [0.5, 0.6) is 0 Å². The molecule has 0 amide bonds. The summed E-state index contributed by atoms with van der Waals surface area (Å²) in [5.74, 6) is -0.0184. The van der Waals surface area contributed by atoms with Crippen molar-refractivity contribution in [2.24, 2.45) is 0 Å². The van der Waals surface area contributed by atoms with Crippen LogP contribution in [-0.2, 0) is 4.79 Å². The summed E-state index contributed by atoms with van der Waals surface area (Å²) >= 11 is 0. The first-order valence-electron chi connectivity index (χ1n) is 4.59.